The van der Waals surface area contributed by atoms with E-state index in [0.717, 1.165) is 24.0 Å². The lowest BCUT2D eigenvalue weighted by atomic mass is 10.1. The van der Waals surface area contributed by atoms with Crippen molar-refractivity contribution in [1.29, 1.82) is 0 Å². The van der Waals surface area contributed by atoms with Gasteiger partial charge in [0, 0.05) is 13.1 Å². The van der Waals surface area contributed by atoms with E-state index in [2.05, 4.69) is 11.6 Å². The van der Waals surface area contributed by atoms with Gasteiger partial charge in [-0.1, -0.05) is 43.7 Å². The van der Waals surface area contributed by atoms with Crippen LogP contribution in [0.3, 0.4) is 0 Å². The van der Waals surface area contributed by atoms with E-state index in [-0.39, 0.29) is 17.2 Å². The van der Waals surface area contributed by atoms with E-state index in [1.54, 1.807) is 36.4 Å². The van der Waals surface area contributed by atoms with Crippen molar-refractivity contribution in [2.24, 2.45) is 0 Å². The van der Waals surface area contributed by atoms with E-state index < -0.39 is 20.0 Å². The third kappa shape index (κ3) is 4.51. The van der Waals surface area contributed by atoms with Crippen LogP contribution in [-0.4, -0.2) is 35.7 Å². The molecule has 0 aromatic heterocycles. The lowest BCUT2D eigenvalue weighted by Crippen LogP contribution is -2.36. The maximum Gasteiger partial charge on any atom is 0.240 e. The number of hydrogen-bond donors (Lipinski definition) is 1. The van der Waals surface area contributed by atoms with E-state index >= 15 is 0 Å². The van der Waals surface area contributed by atoms with Gasteiger partial charge < -0.3 is 0 Å². The van der Waals surface area contributed by atoms with E-state index in [1.165, 1.54) is 4.31 Å². The number of nitrogens with zero attached hydrogens (tertiary/aromatic N) is 1. The normalized spacial score (nSPS) is 14.3. The maximum absolute atomic E-state index is 12.6. The zero-order valence-electron chi connectivity index (χ0n) is 15.3. The SMILES string of the molecule is CCCc1ccc(S(=O)(=O)NCCS(=O)(=O)N2CCc3ccccc32)cc1. The van der Waals surface area contributed by atoms with Gasteiger partial charge in [0.15, 0.2) is 0 Å². The molecule has 0 unspecified atom stereocenters. The Balaban J connectivity index is 1.63. The minimum atomic E-state index is -3.73. The van der Waals surface area contributed by atoms with Crippen LogP contribution < -0.4 is 9.03 Å². The summed E-state index contributed by atoms with van der Waals surface area (Å²) in [7, 11) is -7.32. The van der Waals surface area contributed by atoms with Gasteiger partial charge in [-0.2, -0.15) is 0 Å². The largest absolute Gasteiger partial charge is 0.270 e. The Morgan fingerprint density at radius 2 is 1.70 bits per heavy atom. The predicted molar refractivity (Wildman–Crippen MR) is 107 cm³/mol. The molecule has 0 aliphatic carbocycles. The molecule has 0 saturated carbocycles. The second-order valence-corrected chi connectivity index (χ2v) is 10.3. The quantitative estimate of drug-likeness (QED) is 0.727. The molecule has 1 N–H and O–H groups in total. The summed E-state index contributed by atoms with van der Waals surface area (Å²) in [6, 6.07) is 14.1. The smallest absolute Gasteiger partial charge is 0.240 e. The Bertz CT molecular complexity index is 1000. The van der Waals surface area contributed by atoms with Gasteiger partial charge in [0.05, 0.1) is 16.3 Å². The number of nitrogens with one attached hydrogen (secondary N) is 1. The molecular weight excluding hydrogens is 384 g/mol. The molecule has 27 heavy (non-hydrogen) atoms. The van der Waals surface area contributed by atoms with Crippen molar-refractivity contribution in [3.63, 3.8) is 0 Å². The van der Waals surface area contributed by atoms with Gasteiger partial charge in [0.1, 0.15) is 0 Å². The first-order chi connectivity index (χ1) is 12.8. The lowest BCUT2D eigenvalue weighted by Gasteiger charge is -2.19. The minimum absolute atomic E-state index is 0.145. The van der Waals surface area contributed by atoms with E-state index in [1.807, 2.05) is 12.1 Å². The molecule has 8 heteroatoms. The molecule has 1 heterocycles. The van der Waals surface area contributed by atoms with Crippen LogP contribution in [0.15, 0.2) is 53.4 Å². The summed E-state index contributed by atoms with van der Waals surface area (Å²) < 4.78 is 53.8. The van der Waals surface area contributed by atoms with Crippen LogP contribution in [-0.2, 0) is 32.9 Å². The average molecular weight is 409 g/mol. The third-order valence-electron chi connectivity index (χ3n) is 4.60. The number of para-hydroxylation sites is 1. The number of fused-ring (bicyclic) bond motifs is 1. The van der Waals surface area contributed by atoms with Crippen LogP contribution in [0.1, 0.15) is 24.5 Å². The number of sulfonamides is 2. The van der Waals surface area contributed by atoms with Crippen LogP contribution in [0.25, 0.3) is 0 Å². The number of anilines is 1. The van der Waals surface area contributed by atoms with Gasteiger partial charge >= 0.3 is 0 Å². The summed E-state index contributed by atoms with van der Waals surface area (Å²) in [6.07, 6.45) is 2.55. The molecule has 0 radical (unpaired) electrons. The van der Waals surface area contributed by atoms with Gasteiger partial charge in [-0.15, -0.1) is 0 Å². The molecule has 0 saturated heterocycles. The topological polar surface area (TPSA) is 83.5 Å². The first kappa shape index (κ1) is 19.9. The summed E-state index contributed by atoms with van der Waals surface area (Å²) in [5.41, 5.74) is 2.76. The third-order valence-corrected chi connectivity index (χ3v) is 7.85. The fraction of sp³-hybridized carbons (Fsp3) is 0.368. The molecular formula is C19H24N2O4S2. The van der Waals surface area contributed by atoms with Crippen molar-refractivity contribution in [1.82, 2.24) is 4.72 Å². The molecule has 6 nitrogen and oxygen atoms in total. The molecule has 0 atom stereocenters. The summed E-state index contributed by atoms with van der Waals surface area (Å²) in [5.74, 6) is -0.283. The first-order valence-electron chi connectivity index (χ1n) is 9.00. The van der Waals surface area contributed by atoms with Crippen molar-refractivity contribution >= 4 is 25.7 Å². The Hall–Kier alpha value is -1.90. The molecule has 0 fully saturated rings. The summed E-state index contributed by atoms with van der Waals surface area (Å²) in [6.45, 7) is 2.29. The maximum atomic E-state index is 12.6. The summed E-state index contributed by atoms with van der Waals surface area (Å²) >= 11 is 0. The molecule has 2 aromatic carbocycles. The second kappa shape index (κ2) is 8.00. The summed E-state index contributed by atoms with van der Waals surface area (Å²) in [4.78, 5) is 0.145. The Kier molecular flexibility index (Phi) is 5.88. The molecule has 0 spiro atoms. The van der Waals surface area contributed by atoms with Crippen LogP contribution >= 0.6 is 0 Å². The van der Waals surface area contributed by atoms with E-state index in [4.69, 9.17) is 0 Å². The Morgan fingerprint density at radius 1 is 1.00 bits per heavy atom. The Labute approximate surface area is 161 Å². The Morgan fingerprint density at radius 3 is 2.41 bits per heavy atom. The molecule has 1 aliphatic heterocycles. The summed E-state index contributed by atoms with van der Waals surface area (Å²) in [5, 5.41) is 0. The highest BCUT2D eigenvalue weighted by Gasteiger charge is 2.29. The lowest BCUT2D eigenvalue weighted by molar-refractivity contribution is 0.580. The molecule has 2 aromatic rings. The zero-order chi connectivity index (χ0) is 19.5. The monoisotopic (exact) mass is 408 g/mol. The number of hydrogen-bond acceptors (Lipinski definition) is 4. The first-order valence-corrected chi connectivity index (χ1v) is 12.1. The van der Waals surface area contributed by atoms with Crippen molar-refractivity contribution in [2.75, 3.05) is 23.1 Å². The van der Waals surface area contributed by atoms with Crippen molar-refractivity contribution in [2.45, 2.75) is 31.1 Å². The zero-order valence-corrected chi connectivity index (χ0v) is 16.9. The molecule has 0 bridgehead atoms. The van der Waals surface area contributed by atoms with Gasteiger partial charge in [-0.25, -0.2) is 21.6 Å². The standard InChI is InChI=1S/C19H24N2O4S2/c1-2-5-16-8-10-18(11-9-16)27(24,25)20-13-15-26(22,23)21-14-12-17-6-3-4-7-19(17)21/h3-4,6-11,20H,2,5,12-15H2,1H3. The van der Waals surface area contributed by atoms with E-state index in [9.17, 15) is 16.8 Å². The number of benzene rings is 2. The molecule has 0 amide bonds. The average Bonchev–Trinajstić information content (AvgIpc) is 3.07. The second-order valence-electron chi connectivity index (χ2n) is 6.56. The molecule has 1 aliphatic rings. The van der Waals surface area contributed by atoms with Crippen LogP contribution in [0, 0.1) is 0 Å². The predicted octanol–water partition coefficient (Wildman–Crippen LogP) is 2.31. The van der Waals surface area contributed by atoms with Crippen molar-refractivity contribution < 1.29 is 16.8 Å². The van der Waals surface area contributed by atoms with E-state index in [0.29, 0.717) is 18.7 Å². The van der Waals surface area contributed by atoms with Crippen molar-refractivity contribution in [3.8, 4) is 0 Å². The fourth-order valence-electron chi connectivity index (χ4n) is 3.22. The van der Waals surface area contributed by atoms with Gasteiger partial charge in [0.25, 0.3) is 0 Å². The van der Waals surface area contributed by atoms with Crippen LogP contribution in [0.4, 0.5) is 5.69 Å². The van der Waals surface area contributed by atoms with Crippen LogP contribution in [0.2, 0.25) is 0 Å². The molecule has 3 rings (SSSR count). The number of rotatable bonds is 8. The van der Waals surface area contributed by atoms with Crippen molar-refractivity contribution in [3.05, 3.63) is 59.7 Å². The highest BCUT2D eigenvalue weighted by molar-refractivity contribution is 7.93. The molecule has 146 valence electrons. The van der Waals surface area contributed by atoms with Gasteiger partial charge in [0.2, 0.25) is 20.0 Å². The minimum Gasteiger partial charge on any atom is -0.270 e. The number of aryl methyl sites for hydroxylation is 1. The van der Waals surface area contributed by atoms with Gasteiger partial charge in [-0.05, 0) is 42.2 Å². The van der Waals surface area contributed by atoms with Crippen LogP contribution in [0.5, 0.6) is 0 Å². The van der Waals surface area contributed by atoms with Gasteiger partial charge in [-0.3, -0.25) is 4.31 Å². The highest BCUT2D eigenvalue weighted by Crippen LogP contribution is 2.29. The highest BCUT2D eigenvalue weighted by atomic mass is 32.2. The fourth-order valence-corrected chi connectivity index (χ4v) is 5.81.